The van der Waals surface area contributed by atoms with Crippen LogP contribution < -0.4 is 5.32 Å². The Morgan fingerprint density at radius 2 is 1.62 bits per heavy atom. The number of nitrogens with zero attached hydrogens (tertiary/aromatic N) is 1. The van der Waals surface area contributed by atoms with Crippen molar-refractivity contribution >= 4 is 5.91 Å². The fourth-order valence-corrected chi connectivity index (χ4v) is 2.75. The maximum Gasteiger partial charge on any atom is 0.217 e. The van der Waals surface area contributed by atoms with E-state index in [1.54, 1.807) is 6.92 Å². The monoisotopic (exact) mass is 338 g/mol. The summed E-state index contributed by atoms with van der Waals surface area (Å²) in [7, 11) is 0. The number of rotatable bonds is 5. The van der Waals surface area contributed by atoms with E-state index in [-0.39, 0.29) is 20.8 Å². The number of piperidine rings is 1. The highest BCUT2D eigenvalue weighted by Crippen LogP contribution is 2.18. The zero-order valence-electron chi connectivity index (χ0n) is 15.8. The molecule has 24 heavy (non-hydrogen) atoms. The molecule has 3 heteroatoms. The van der Waals surface area contributed by atoms with Crippen molar-refractivity contribution in [1.82, 2.24) is 10.2 Å². The first-order valence-corrected chi connectivity index (χ1v) is 9.30. The number of amides is 1. The summed E-state index contributed by atoms with van der Waals surface area (Å²) in [5.41, 5.74) is 1.20. The number of hydrogen-bond acceptors (Lipinski definition) is 2. The molecule has 0 radical (unpaired) electrons. The number of benzene rings is 1. The van der Waals surface area contributed by atoms with Crippen LogP contribution in [-0.4, -0.2) is 30.4 Å². The number of nitrogens with one attached hydrogen (secondary N) is 1. The highest BCUT2D eigenvalue weighted by atomic mass is 16.1. The van der Waals surface area contributed by atoms with Gasteiger partial charge >= 0.3 is 0 Å². The first kappa shape index (κ1) is 24.9. The summed E-state index contributed by atoms with van der Waals surface area (Å²) >= 11 is 0. The van der Waals surface area contributed by atoms with Gasteiger partial charge in [-0.15, -0.1) is 0 Å². The summed E-state index contributed by atoms with van der Waals surface area (Å²) in [5.74, 6) is 0.0486. The van der Waals surface area contributed by atoms with E-state index in [2.05, 4.69) is 22.3 Å². The Hall–Kier alpha value is -1.35. The largest absolute Gasteiger partial charge is 0.349 e. The van der Waals surface area contributed by atoms with E-state index in [0.29, 0.717) is 0 Å². The van der Waals surface area contributed by atoms with Crippen LogP contribution in [0, 0.1) is 0 Å². The highest BCUT2D eigenvalue weighted by Gasteiger charge is 2.15. The molecule has 2 rings (SSSR count). The van der Waals surface area contributed by atoms with Gasteiger partial charge in [0.2, 0.25) is 5.91 Å². The molecule has 1 heterocycles. The lowest BCUT2D eigenvalue weighted by molar-refractivity contribution is -0.119. The quantitative estimate of drug-likeness (QED) is 0.749. The van der Waals surface area contributed by atoms with Crippen molar-refractivity contribution < 1.29 is 6.22 Å². The summed E-state index contributed by atoms with van der Waals surface area (Å²) in [6.07, 6.45) is 4.99. The molecule has 1 aliphatic heterocycles. The Kier molecular flexibility index (Phi) is 17.1. The van der Waals surface area contributed by atoms with E-state index in [1.807, 2.05) is 45.9 Å². The Bertz CT molecular complexity index is 392. The molecule has 142 valence electrons. The maximum absolute atomic E-state index is 11.4. The van der Waals surface area contributed by atoms with Gasteiger partial charge in [0.15, 0.2) is 0 Å². The van der Waals surface area contributed by atoms with Crippen LogP contribution in [0.25, 0.3) is 0 Å². The molecule has 1 aromatic carbocycles. The minimum atomic E-state index is 0. The van der Waals surface area contributed by atoms with E-state index in [0.717, 1.165) is 13.0 Å². The summed E-state index contributed by atoms with van der Waals surface area (Å²) in [6, 6.07) is 10.4. The van der Waals surface area contributed by atoms with Gasteiger partial charge in [0.1, 0.15) is 0 Å². The number of carbonyl (C=O) groups is 1. The van der Waals surface area contributed by atoms with Crippen molar-refractivity contribution in [2.45, 2.75) is 73.8 Å². The minimum Gasteiger partial charge on any atom is -0.349 e. The second-order valence-corrected chi connectivity index (χ2v) is 5.35. The van der Waals surface area contributed by atoms with Gasteiger partial charge in [-0.25, -0.2) is 0 Å². The SMILES string of the molecule is C.CC.CC.CC(=O)NC(CCN1CCCCC1)c1ccccc1.[HH]. The van der Waals surface area contributed by atoms with Gasteiger partial charge < -0.3 is 10.2 Å². The van der Waals surface area contributed by atoms with Crippen molar-refractivity contribution in [1.29, 1.82) is 0 Å². The van der Waals surface area contributed by atoms with Gasteiger partial charge in [-0.3, -0.25) is 4.79 Å². The molecule has 0 bridgehead atoms. The van der Waals surface area contributed by atoms with Gasteiger partial charge in [-0.05, 0) is 37.9 Å². The molecule has 1 unspecified atom stereocenters. The fourth-order valence-electron chi connectivity index (χ4n) is 2.75. The van der Waals surface area contributed by atoms with Crippen LogP contribution in [0.1, 0.15) is 80.8 Å². The molecule has 1 amide bonds. The van der Waals surface area contributed by atoms with E-state index >= 15 is 0 Å². The molecule has 1 saturated heterocycles. The van der Waals surface area contributed by atoms with Crippen molar-refractivity contribution in [3.05, 3.63) is 35.9 Å². The second kappa shape index (κ2) is 16.5. The molecule has 0 aromatic heterocycles. The molecule has 0 saturated carbocycles. The topological polar surface area (TPSA) is 32.3 Å². The average molecular weight is 339 g/mol. The second-order valence-electron chi connectivity index (χ2n) is 5.35. The number of hydrogen-bond donors (Lipinski definition) is 1. The predicted molar refractivity (Wildman–Crippen MR) is 109 cm³/mol. The Labute approximate surface area is 152 Å². The maximum atomic E-state index is 11.4. The Morgan fingerprint density at radius 3 is 2.12 bits per heavy atom. The molecule has 1 atom stereocenters. The van der Waals surface area contributed by atoms with Crippen LogP contribution in [0.4, 0.5) is 0 Å². The van der Waals surface area contributed by atoms with E-state index < -0.39 is 0 Å². The van der Waals surface area contributed by atoms with E-state index in [1.165, 1.54) is 37.9 Å². The summed E-state index contributed by atoms with van der Waals surface area (Å²) < 4.78 is 0. The molecular weight excluding hydrogens is 296 g/mol. The Morgan fingerprint density at radius 1 is 1.08 bits per heavy atom. The molecule has 1 N–H and O–H groups in total. The third kappa shape index (κ3) is 10.4. The van der Waals surface area contributed by atoms with Crippen molar-refractivity contribution in [3.8, 4) is 0 Å². The molecule has 3 nitrogen and oxygen atoms in total. The molecule has 0 spiro atoms. The molecule has 0 aliphatic carbocycles. The molecule has 1 fully saturated rings. The van der Waals surface area contributed by atoms with Crippen LogP contribution in [-0.2, 0) is 4.79 Å². The molecule has 1 aromatic rings. The first-order chi connectivity index (χ1) is 11.3. The summed E-state index contributed by atoms with van der Waals surface area (Å²) in [4.78, 5) is 13.9. The highest BCUT2D eigenvalue weighted by molar-refractivity contribution is 5.73. The van der Waals surface area contributed by atoms with Crippen molar-refractivity contribution in [3.63, 3.8) is 0 Å². The third-order valence-electron chi connectivity index (χ3n) is 3.76. The van der Waals surface area contributed by atoms with Crippen molar-refractivity contribution in [2.75, 3.05) is 19.6 Å². The Balaban J connectivity index is -0.000000752. The summed E-state index contributed by atoms with van der Waals surface area (Å²) in [6.45, 7) is 13.1. The van der Waals surface area contributed by atoms with E-state index in [9.17, 15) is 4.79 Å². The smallest absolute Gasteiger partial charge is 0.217 e. The number of likely N-dealkylation sites (tertiary alicyclic amines) is 1. The van der Waals surface area contributed by atoms with Gasteiger partial charge in [-0.1, -0.05) is 71.9 Å². The van der Waals surface area contributed by atoms with Crippen LogP contribution in [0.3, 0.4) is 0 Å². The van der Waals surface area contributed by atoms with Crippen LogP contribution in [0.5, 0.6) is 0 Å². The predicted octanol–water partition coefficient (Wildman–Crippen LogP) is 5.67. The molecular formula is C21H42N2O. The lowest BCUT2D eigenvalue weighted by Crippen LogP contribution is -2.34. The zero-order chi connectivity index (χ0) is 17.5. The zero-order valence-corrected chi connectivity index (χ0v) is 15.8. The van der Waals surface area contributed by atoms with Gasteiger partial charge in [0.05, 0.1) is 6.04 Å². The first-order valence-electron chi connectivity index (χ1n) is 9.30. The number of carbonyl (C=O) groups excluding carboxylic acids is 1. The van der Waals surface area contributed by atoms with Gasteiger partial charge in [0, 0.05) is 14.9 Å². The third-order valence-corrected chi connectivity index (χ3v) is 3.76. The van der Waals surface area contributed by atoms with Crippen molar-refractivity contribution in [2.24, 2.45) is 0 Å². The molecule has 1 aliphatic rings. The lowest BCUT2D eigenvalue weighted by atomic mass is 10.0. The normalized spacial score (nSPS) is 14.7. The summed E-state index contributed by atoms with van der Waals surface area (Å²) in [5, 5.41) is 3.07. The van der Waals surface area contributed by atoms with Gasteiger partial charge in [0.25, 0.3) is 0 Å². The van der Waals surface area contributed by atoms with Crippen LogP contribution in [0.15, 0.2) is 30.3 Å². The van der Waals surface area contributed by atoms with E-state index in [4.69, 9.17) is 0 Å². The lowest BCUT2D eigenvalue weighted by Gasteiger charge is -2.28. The standard InChI is InChI=1S/C16H24N2O.2C2H6.CH4.H2/c1-14(19)17-16(15-8-4-2-5-9-15)10-13-18-11-6-3-7-12-18;2*1-2;;/h2,4-5,8-9,16H,3,6-7,10-13H2,1H3,(H,17,19);2*1-2H3;1H4;1H. The fraction of sp³-hybridized carbons (Fsp3) is 0.667. The van der Waals surface area contributed by atoms with Crippen LogP contribution >= 0.6 is 0 Å². The average Bonchev–Trinajstić information content (AvgIpc) is 2.63. The van der Waals surface area contributed by atoms with Gasteiger partial charge in [-0.2, -0.15) is 0 Å². The minimum absolute atomic E-state index is 0. The van der Waals surface area contributed by atoms with Crippen LogP contribution in [0.2, 0.25) is 0 Å².